The van der Waals surface area contributed by atoms with Gasteiger partial charge in [-0.25, -0.2) is 22.0 Å². The number of nitrogens with two attached hydrogens (primary N) is 1. The number of hydrogen-bond acceptors (Lipinski definition) is 6. The van der Waals surface area contributed by atoms with E-state index in [0.29, 0.717) is 12.2 Å². The Bertz CT molecular complexity index is 1210. The number of anilines is 2. The number of halogens is 1. The molecule has 0 aliphatic heterocycles. The summed E-state index contributed by atoms with van der Waals surface area (Å²) in [5.74, 6) is -0.632. The van der Waals surface area contributed by atoms with E-state index in [-0.39, 0.29) is 39.2 Å². The molecule has 0 aliphatic carbocycles. The number of unbranched alkanes of at least 4 members (excludes halogenated alkanes) is 1. The first-order valence-electron chi connectivity index (χ1n) is 10.5. The Morgan fingerprint density at radius 1 is 1.00 bits per heavy atom. The molecule has 2 aromatic carbocycles. The van der Waals surface area contributed by atoms with E-state index in [4.69, 9.17) is 16.7 Å². The Kier molecular flexibility index (Phi) is 9.27. The number of nitrogens with one attached hydrogen (secondary N) is 2. The quantitative estimate of drug-likeness (QED) is 0.391. The van der Waals surface area contributed by atoms with Crippen molar-refractivity contribution >= 4 is 48.9 Å². The van der Waals surface area contributed by atoms with Crippen LogP contribution in [0.4, 0.5) is 11.4 Å². The minimum atomic E-state index is -4.00. The van der Waals surface area contributed by atoms with Crippen LogP contribution in [0.25, 0.3) is 0 Å². The lowest BCUT2D eigenvalue weighted by atomic mass is 10.2. The van der Waals surface area contributed by atoms with Crippen molar-refractivity contribution in [1.29, 1.82) is 0 Å². The standard InChI is InChI=1S/C21H29ClN4O5S2/c1-4-7-12-24-18-11-9-16(32(23,28)29)14-19(18)25-21(27)15-8-10-17(22)20(13-15)33(30,31)26(5-2)6-3/h8-11,13-14,24H,4-7,12H2,1-3H3,(H,25,27)(H2,23,28,29). The molecule has 0 bridgehead atoms. The molecule has 12 heteroatoms. The topological polar surface area (TPSA) is 139 Å². The van der Waals surface area contributed by atoms with Gasteiger partial charge in [-0.15, -0.1) is 0 Å². The minimum Gasteiger partial charge on any atom is -0.383 e. The van der Waals surface area contributed by atoms with Crippen LogP contribution in [0.1, 0.15) is 44.0 Å². The van der Waals surface area contributed by atoms with Crippen LogP contribution in [0, 0.1) is 0 Å². The predicted octanol–water partition coefficient (Wildman–Crippen LogP) is 3.48. The molecule has 0 atom stereocenters. The van der Waals surface area contributed by atoms with Gasteiger partial charge >= 0.3 is 0 Å². The van der Waals surface area contributed by atoms with E-state index in [0.717, 1.165) is 12.8 Å². The maximum absolute atomic E-state index is 13.0. The molecule has 0 saturated heterocycles. The summed E-state index contributed by atoms with van der Waals surface area (Å²) >= 11 is 6.14. The van der Waals surface area contributed by atoms with Gasteiger partial charge < -0.3 is 10.6 Å². The lowest BCUT2D eigenvalue weighted by Gasteiger charge is -2.20. The van der Waals surface area contributed by atoms with Crippen LogP contribution in [0.2, 0.25) is 5.02 Å². The van der Waals surface area contributed by atoms with Crippen molar-refractivity contribution in [3.8, 4) is 0 Å². The molecule has 2 aromatic rings. The summed E-state index contributed by atoms with van der Waals surface area (Å²) in [6, 6.07) is 8.06. The van der Waals surface area contributed by atoms with Gasteiger partial charge in [-0.2, -0.15) is 4.31 Å². The number of amides is 1. The van der Waals surface area contributed by atoms with Crippen LogP contribution in [0.3, 0.4) is 0 Å². The highest BCUT2D eigenvalue weighted by atomic mass is 35.5. The van der Waals surface area contributed by atoms with E-state index < -0.39 is 26.0 Å². The van der Waals surface area contributed by atoms with Gasteiger partial charge in [0.2, 0.25) is 20.0 Å². The Balaban J connectivity index is 2.45. The van der Waals surface area contributed by atoms with E-state index in [9.17, 15) is 21.6 Å². The SMILES string of the molecule is CCCCNc1ccc(S(N)(=O)=O)cc1NC(=O)c1ccc(Cl)c(S(=O)(=O)N(CC)CC)c1. The summed E-state index contributed by atoms with van der Waals surface area (Å²) < 4.78 is 50.7. The molecule has 1 amide bonds. The lowest BCUT2D eigenvalue weighted by Crippen LogP contribution is -2.31. The van der Waals surface area contributed by atoms with Gasteiger partial charge in [0, 0.05) is 25.2 Å². The Morgan fingerprint density at radius 2 is 1.67 bits per heavy atom. The summed E-state index contributed by atoms with van der Waals surface area (Å²) in [6.45, 7) is 6.55. The van der Waals surface area contributed by atoms with Crippen molar-refractivity contribution < 1.29 is 21.6 Å². The van der Waals surface area contributed by atoms with E-state index in [2.05, 4.69) is 10.6 Å². The molecule has 0 spiro atoms. The zero-order valence-corrected chi connectivity index (χ0v) is 21.1. The Morgan fingerprint density at radius 3 is 2.24 bits per heavy atom. The number of primary sulfonamides is 1. The molecule has 0 radical (unpaired) electrons. The summed E-state index contributed by atoms with van der Waals surface area (Å²) in [7, 11) is -7.89. The summed E-state index contributed by atoms with van der Waals surface area (Å²) in [6.07, 6.45) is 1.81. The molecule has 2 rings (SSSR count). The molecule has 0 heterocycles. The molecule has 0 saturated carbocycles. The summed E-state index contributed by atoms with van der Waals surface area (Å²) in [4.78, 5) is 12.6. The van der Waals surface area contributed by atoms with Crippen molar-refractivity contribution in [2.75, 3.05) is 30.3 Å². The van der Waals surface area contributed by atoms with Crippen LogP contribution in [0.15, 0.2) is 46.2 Å². The van der Waals surface area contributed by atoms with E-state index >= 15 is 0 Å². The number of sulfonamides is 2. The van der Waals surface area contributed by atoms with Crippen molar-refractivity contribution in [2.45, 2.75) is 43.4 Å². The van der Waals surface area contributed by atoms with Crippen LogP contribution < -0.4 is 15.8 Å². The molecule has 33 heavy (non-hydrogen) atoms. The summed E-state index contributed by atoms with van der Waals surface area (Å²) in [5.41, 5.74) is 0.755. The van der Waals surface area contributed by atoms with Gasteiger partial charge in [0.05, 0.1) is 21.3 Å². The number of benzene rings is 2. The summed E-state index contributed by atoms with van der Waals surface area (Å²) in [5, 5.41) is 11.0. The highest BCUT2D eigenvalue weighted by molar-refractivity contribution is 7.89. The fourth-order valence-corrected chi connectivity index (χ4v) is 5.60. The fraction of sp³-hybridized carbons (Fsp3) is 0.381. The monoisotopic (exact) mass is 516 g/mol. The Hall–Kier alpha value is -2.18. The predicted molar refractivity (Wildman–Crippen MR) is 131 cm³/mol. The van der Waals surface area contributed by atoms with Crippen molar-refractivity contribution in [2.24, 2.45) is 5.14 Å². The van der Waals surface area contributed by atoms with Crippen molar-refractivity contribution in [3.05, 3.63) is 47.0 Å². The number of hydrogen-bond donors (Lipinski definition) is 3. The van der Waals surface area contributed by atoms with Gasteiger partial charge in [-0.3, -0.25) is 4.79 Å². The molecule has 4 N–H and O–H groups in total. The maximum Gasteiger partial charge on any atom is 0.255 e. The third-order valence-corrected chi connectivity index (χ3v) is 8.37. The molecule has 0 fully saturated rings. The second-order valence-corrected chi connectivity index (χ2v) is 11.1. The maximum atomic E-state index is 13.0. The van der Waals surface area contributed by atoms with Crippen LogP contribution in [-0.2, 0) is 20.0 Å². The highest BCUT2D eigenvalue weighted by Gasteiger charge is 2.26. The van der Waals surface area contributed by atoms with Gasteiger partial charge in [0.25, 0.3) is 5.91 Å². The second kappa shape index (κ2) is 11.3. The van der Waals surface area contributed by atoms with Crippen LogP contribution >= 0.6 is 11.6 Å². The largest absolute Gasteiger partial charge is 0.383 e. The van der Waals surface area contributed by atoms with E-state index in [1.54, 1.807) is 13.8 Å². The Labute approximate surface area is 200 Å². The van der Waals surface area contributed by atoms with E-state index in [1.165, 1.54) is 40.7 Å². The van der Waals surface area contributed by atoms with Crippen LogP contribution in [0.5, 0.6) is 0 Å². The number of carbonyl (C=O) groups is 1. The average molecular weight is 517 g/mol. The van der Waals surface area contributed by atoms with Crippen molar-refractivity contribution in [3.63, 3.8) is 0 Å². The zero-order valence-electron chi connectivity index (χ0n) is 18.8. The normalized spacial score (nSPS) is 12.1. The third kappa shape index (κ3) is 6.67. The minimum absolute atomic E-state index is 0.00315. The fourth-order valence-electron chi connectivity index (χ4n) is 3.10. The smallest absolute Gasteiger partial charge is 0.255 e. The first-order valence-corrected chi connectivity index (χ1v) is 13.8. The molecular formula is C21H29ClN4O5S2. The molecule has 0 unspecified atom stereocenters. The van der Waals surface area contributed by atoms with E-state index in [1.807, 2.05) is 6.92 Å². The second-order valence-electron chi connectivity index (χ2n) is 7.22. The number of nitrogens with zero attached hydrogens (tertiary/aromatic N) is 1. The molecule has 9 nitrogen and oxygen atoms in total. The van der Waals surface area contributed by atoms with Crippen LogP contribution in [-0.4, -0.2) is 46.7 Å². The first kappa shape index (κ1) is 27.1. The van der Waals surface area contributed by atoms with Gasteiger partial charge in [0.15, 0.2) is 0 Å². The molecular weight excluding hydrogens is 488 g/mol. The molecule has 182 valence electrons. The van der Waals surface area contributed by atoms with Gasteiger partial charge in [0.1, 0.15) is 4.90 Å². The highest BCUT2D eigenvalue weighted by Crippen LogP contribution is 2.28. The number of carbonyl (C=O) groups excluding carboxylic acids is 1. The first-order chi connectivity index (χ1) is 15.4. The molecule has 0 aliphatic rings. The average Bonchev–Trinajstić information content (AvgIpc) is 2.74. The van der Waals surface area contributed by atoms with Gasteiger partial charge in [-0.05, 0) is 42.8 Å². The van der Waals surface area contributed by atoms with Gasteiger partial charge in [-0.1, -0.05) is 38.8 Å². The third-order valence-electron chi connectivity index (χ3n) is 4.93. The van der Waals surface area contributed by atoms with Crippen molar-refractivity contribution in [1.82, 2.24) is 4.31 Å². The zero-order chi connectivity index (χ0) is 24.8. The number of rotatable bonds is 11. The lowest BCUT2D eigenvalue weighted by molar-refractivity contribution is 0.102. The molecule has 0 aromatic heterocycles.